The first kappa shape index (κ1) is 19.0. The molecule has 0 saturated carbocycles. The minimum atomic E-state index is 0.0850. The van der Waals surface area contributed by atoms with E-state index in [-0.39, 0.29) is 5.91 Å². The minimum Gasteiger partial charge on any atom is -0.412 e. The smallest absolute Gasteiger partial charge is 0.224 e. The molecule has 134 valence electrons. The van der Waals surface area contributed by atoms with E-state index in [4.69, 9.17) is 5.90 Å². The number of nitrogens with two attached hydrogens (primary N) is 1. The third-order valence-electron chi connectivity index (χ3n) is 4.01. The zero-order valence-electron chi connectivity index (χ0n) is 14.8. The van der Waals surface area contributed by atoms with Crippen LogP contribution in [-0.4, -0.2) is 24.4 Å². The number of nitrogens with one attached hydrogen (secondary N) is 1. The Hall–Kier alpha value is -2.37. The Bertz CT molecular complexity index is 629. The van der Waals surface area contributed by atoms with Crippen LogP contribution in [0.1, 0.15) is 31.2 Å². The molecule has 2 aromatic rings. The van der Waals surface area contributed by atoms with Crippen molar-refractivity contribution in [2.45, 2.75) is 32.2 Å². The number of hydrogen-bond donors (Lipinski definition) is 2. The van der Waals surface area contributed by atoms with Crippen LogP contribution in [0.4, 0.5) is 5.69 Å². The number of nitrogens with zero attached hydrogens (tertiary/aromatic N) is 1. The van der Waals surface area contributed by atoms with E-state index >= 15 is 0 Å². The molecule has 0 aliphatic heterocycles. The molecule has 5 heteroatoms. The number of hydrogen-bond acceptors (Lipinski definition) is 4. The van der Waals surface area contributed by atoms with Crippen molar-refractivity contribution in [2.24, 2.45) is 5.90 Å². The molecule has 0 aliphatic rings. The van der Waals surface area contributed by atoms with Crippen LogP contribution >= 0.6 is 0 Å². The van der Waals surface area contributed by atoms with Gasteiger partial charge in [0.05, 0.1) is 0 Å². The average molecular weight is 341 g/mol. The van der Waals surface area contributed by atoms with Crippen molar-refractivity contribution < 1.29 is 9.63 Å². The lowest BCUT2D eigenvalue weighted by atomic mass is 10.1. The van der Waals surface area contributed by atoms with Crippen LogP contribution in [-0.2, 0) is 11.3 Å². The van der Waals surface area contributed by atoms with Gasteiger partial charge in [-0.1, -0.05) is 36.8 Å². The summed E-state index contributed by atoms with van der Waals surface area (Å²) in [5.41, 5.74) is 2.09. The summed E-state index contributed by atoms with van der Waals surface area (Å²) in [6, 6.07) is 17.4. The summed E-state index contributed by atoms with van der Waals surface area (Å²) in [7, 11) is 2.11. The molecule has 0 fully saturated rings. The second-order valence-electron chi connectivity index (χ2n) is 6.22. The lowest BCUT2D eigenvalue weighted by molar-refractivity contribution is -0.116. The molecule has 0 heterocycles. The molecular formula is C20H27N3O2. The molecule has 0 atom stereocenters. The highest BCUT2D eigenvalue weighted by Crippen LogP contribution is 2.12. The summed E-state index contributed by atoms with van der Waals surface area (Å²) in [6.45, 7) is 1.90. The summed E-state index contributed by atoms with van der Waals surface area (Å²) in [5.74, 6) is 5.87. The van der Waals surface area contributed by atoms with Gasteiger partial charge in [-0.15, -0.1) is 0 Å². The van der Waals surface area contributed by atoms with Crippen molar-refractivity contribution in [2.75, 3.05) is 18.9 Å². The lowest BCUT2D eigenvalue weighted by Crippen LogP contribution is -2.19. The van der Waals surface area contributed by atoms with E-state index in [2.05, 4.69) is 22.1 Å². The molecule has 0 unspecified atom stereocenters. The first-order valence-corrected chi connectivity index (χ1v) is 8.66. The van der Waals surface area contributed by atoms with Crippen LogP contribution in [0, 0.1) is 0 Å². The fourth-order valence-electron chi connectivity index (χ4n) is 2.65. The van der Waals surface area contributed by atoms with Crippen LogP contribution in [0.25, 0.3) is 0 Å². The van der Waals surface area contributed by atoms with Gasteiger partial charge in [-0.3, -0.25) is 4.79 Å². The minimum absolute atomic E-state index is 0.0850. The monoisotopic (exact) mass is 341 g/mol. The molecule has 3 N–H and O–H groups in total. The van der Waals surface area contributed by atoms with Gasteiger partial charge in [0.2, 0.25) is 5.91 Å². The van der Waals surface area contributed by atoms with Crippen molar-refractivity contribution in [3.8, 4) is 5.75 Å². The van der Waals surface area contributed by atoms with Crippen molar-refractivity contribution in [1.82, 2.24) is 4.90 Å². The topological polar surface area (TPSA) is 67.6 Å². The van der Waals surface area contributed by atoms with Gasteiger partial charge in [-0.05, 0) is 56.3 Å². The number of rotatable bonds is 10. The summed E-state index contributed by atoms with van der Waals surface area (Å²) >= 11 is 0. The third kappa shape index (κ3) is 7.37. The zero-order valence-corrected chi connectivity index (χ0v) is 14.8. The van der Waals surface area contributed by atoms with Gasteiger partial charge in [0, 0.05) is 18.7 Å². The molecule has 2 aromatic carbocycles. The summed E-state index contributed by atoms with van der Waals surface area (Å²) in [4.78, 5) is 18.8. The van der Waals surface area contributed by atoms with E-state index in [1.165, 1.54) is 5.56 Å². The number of carbonyl (C=O) groups is 1. The largest absolute Gasteiger partial charge is 0.412 e. The van der Waals surface area contributed by atoms with Crippen molar-refractivity contribution >= 4 is 11.6 Å². The Kier molecular flexibility index (Phi) is 7.95. The number of unbranched alkanes of at least 4 members (excludes halogenated alkanes) is 2. The highest BCUT2D eigenvalue weighted by Gasteiger charge is 2.04. The Morgan fingerprint density at radius 1 is 1.04 bits per heavy atom. The maximum Gasteiger partial charge on any atom is 0.224 e. The molecule has 0 saturated heterocycles. The van der Waals surface area contributed by atoms with Gasteiger partial charge >= 0.3 is 0 Å². The molecule has 0 bridgehead atoms. The first-order valence-electron chi connectivity index (χ1n) is 8.66. The molecule has 25 heavy (non-hydrogen) atoms. The molecular weight excluding hydrogens is 314 g/mol. The second-order valence-corrected chi connectivity index (χ2v) is 6.22. The average Bonchev–Trinajstić information content (AvgIpc) is 2.63. The van der Waals surface area contributed by atoms with Crippen molar-refractivity contribution in [3.63, 3.8) is 0 Å². The van der Waals surface area contributed by atoms with Crippen LogP contribution < -0.4 is 16.1 Å². The van der Waals surface area contributed by atoms with Gasteiger partial charge in [0.25, 0.3) is 0 Å². The van der Waals surface area contributed by atoms with E-state index in [0.29, 0.717) is 12.2 Å². The molecule has 0 radical (unpaired) electrons. The molecule has 1 amide bonds. The van der Waals surface area contributed by atoms with Crippen LogP contribution in [0.2, 0.25) is 0 Å². The molecule has 0 spiro atoms. The maximum atomic E-state index is 11.9. The standard InChI is InChI=1S/C20H27N3O2/c1-23(16-17-11-13-19(25-21)14-12-17)15-7-3-6-10-20(24)22-18-8-4-2-5-9-18/h2,4-5,8-9,11-14H,3,6-7,10,15-16,21H2,1H3,(H,22,24). The van der Waals surface area contributed by atoms with Crippen LogP contribution in [0.5, 0.6) is 5.75 Å². The predicted octanol–water partition coefficient (Wildman–Crippen LogP) is 3.57. The number of benzene rings is 2. The highest BCUT2D eigenvalue weighted by atomic mass is 16.6. The molecule has 0 aromatic heterocycles. The molecule has 2 rings (SSSR count). The predicted molar refractivity (Wildman–Crippen MR) is 101 cm³/mol. The Morgan fingerprint density at radius 3 is 2.44 bits per heavy atom. The number of amides is 1. The molecule has 0 aliphatic carbocycles. The summed E-state index contributed by atoms with van der Waals surface area (Å²) in [5, 5.41) is 2.92. The lowest BCUT2D eigenvalue weighted by Gasteiger charge is -2.16. The fraction of sp³-hybridized carbons (Fsp3) is 0.350. The van der Waals surface area contributed by atoms with Gasteiger partial charge in [-0.25, -0.2) is 0 Å². The second kappa shape index (κ2) is 10.5. The number of para-hydroxylation sites is 1. The van der Waals surface area contributed by atoms with Gasteiger partial charge in [-0.2, -0.15) is 5.90 Å². The maximum absolute atomic E-state index is 11.9. The van der Waals surface area contributed by atoms with Crippen LogP contribution in [0.15, 0.2) is 54.6 Å². The van der Waals surface area contributed by atoms with Gasteiger partial charge < -0.3 is 15.1 Å². The van der Waals surface area contributed by atoms with Crippen molar-refractivity contribution in [1.29, 1.82) is 0 Å². The zero-order chi connectivity index (χ0) is 17.9. The first-order chi connectivity index (χ1) is 12.2. The van der Waals surface area contributed by atoms with Gasteiger partial charge in [0.1, 0.15) is 5.75 Å². The fourth-order valence-corrected chi connectivity index (χ4v) is 2.65. The van der Waals surface area contributed by atoms with E-state index in [9.17, 15) is 4.79 Å². The van der Waals surface area contributed by atoms with Crippen LogP contribution in [0.3, 0.4) is 0 Å². The third-order valence-corrected chi connectivity index (χ3v) is 4.01. The van der Waals surface area contributed by atoms with Gasteiger partial charge in [0.15, 0.2) is 0 Å². The van der Waals surface area contributed by atoms with E-state index in [1.54, 1.807) is 0 Å². The van der Waals surface area contributed by atoms with E-state index < -0.39 is 0 Å². The Balaban J connectivity index is 1.56. The quantitative estimate of drug-likeness (QED) is 0.512. The van der Waals surface area contributed by atoms with Crippen molar-refractivity contribution in [3.05, 3.63) is 60.2 Å². The number of anilines is 1. The summed E-state index contributed by atoms with van der Waals surface area (Å²) in [6.07, 6.45) is 3.61. The van der Waals surface area contributed by atoms with E-state index in [1.807, 2.05) is 54.6 Å². The normalized spacial score (nSPS) is 10.7. The summed E-state index contributed by atoms with van der Waals surface area (Å²) < 4.78 is 0. The van der Waals surface area contributed by atoms with E-state index in [0.717, 1.165) is 38.0 Å². The number of carbonyl (C=O) groups excluding carboxylic acids is 1. The highest BCUT2D eigenvalue weighted by molar-refractivity contribution is 5.90. The Labute approximate surface area is 149 Å². The molecule has 5 nitrogen and oxygen atoms in total. The SMILES string of the molecule is CN(CCCCCC(=O)Nc1ccccc1)Cc1ccc(ON)cc1. The Morgan fingerprint density at radius 2 is 1.76 bits per heavy atom.